The Kier molecular flexibility index (Phi) is 7.28. The number of nitrogens with zero attached hydrogens (tertiary/aromatic N) is 7. The first-order valence-corrected chi connectivity index (χ1v) is 12.4. The summed E-state index contributed by atoms with van der Waals surface area (Å²) in [6.07, 6.45) is 2.47. The standard InChI is InChI=1S/C22H37N7OS/c1-21(2,3)17-15-18(25-19(24-17)22(4,5)6)29-12-10-28(11-13-29)9-8-14-31(30)20-23-16-27(7)26-20/h15-16H,8-14H2,1-7H3. The van der Waals surface area contributed by atoms with Gasteiger partial charge in [0.1, 0.15) is 23.7 Å². The maximum Gasteiger partial charge on any atom is 0.361 e. The fourth-order valence-electron chi connectivity index (χ4n) is 3.45. The van der Waals surface area contributed by atoms with Gasteiger partial charge in [-0.15, -0.1) is 5.10 Å². The van der Waals surface area contributed by atoms with E-state index in [-0.39, 0.29) is 10.8 Å². The molecule has 0 aliphatic carbocycles. The van der Waals surface area contributed by atoms with E-state index in [1.54, 1.807) is 18.1 Å². The van der Waals surface area contributed by atoms with Crippen molar-refractivity contribution in [1.29, 1.82) is 0 Å². The molecule has 0 amide bonds. The van der Waals surface area contributed by atoms with E-state index in [4.69, 9.17) is 9.97 Å². The van der Waals surface area contributed by atoms with Crippen molar-refractivity contribution in [3.05, 3.63) is 23.9 Å². The van der Waals surface area contributed by atoms with Crippen LogP contribution >= 0.6 is 0 Å². The van der Waals surface area contributed by atoms with E-state index in [1.807, 2.05) is 0 Å². The first kappa shape index (κ1) is 23.9. The largest absolute Gasteiger partial charge is 0.609 e. The third kappa shape index (κ3) is 6.40. The molecule has 2 aromatic rings. The van der Waals surface area contributed by atoms with Crippen molar-refractivity contribution in [1.82, 2.24) is 29.6 Å². The van der Waals surface area contributed by atoms with Gasteiger partial charge in [0.05, 0.1) is 5.69 Å². The molecule has 1 atom stereocenters. The zero-order valence-corrected chi connectivity index (χ0v) is 20.9. The predicted molar refractivity (Wildman–Crippen MR) is 125 cm³/mol. The number of rotatable bonds is 6. The molecule has 0 N–H and O–H groups in total. The van der Waals surface area contributed by atoms with Crippen molar-refractivity contribution in [3.8, 4) is 0 Å². The average Bonchev–Trinajstić information content (AvgIpc) is 3.13. The summed E-state index contributed by atoms with van der Waals surface area (Å²) in [5.74, 6) is 2.54. The summed E-state index contributed by atoms with van der Waals surface area (Å²) >= 11 is -1.12. The van der Waals surface area contributed by atoms with Gasteiger partial charge in [-0.1, -0.05) is 41.5 Å². The van der Waals surface area contributed by atoms with Crippen LogP contribution in [0.25, 0.3) is 0 Å². The van der Waals surface area contributed by atoms with Crippen LogP contribution in [-0.2, 0) is 29.1 Å². The van der Waals surface area contributed by atoms with E-state index < -0.39 is 11.2 Å². The molecule has 0 bridgehead atoms. The summed E-state index contributed by atoms with van der Waals surface area (Å²) in [7, 11) is 1.79. The minimum Gasteiger partial charge on any atom is -0.609 e. The minimum atomic E-state index is -1.12. The average molecular weight is 448 g/mol. The molecule has 0 saturated carbocycles. The molecular formula is C22H37N7OS. The second kappa shape index (κ2) is 9.42. The smallest absolute Gasteiger partial charge is 0.361 e. The number of hydrogen-bond donors (Lipinski definition) is 0. The molecule has 172 valence electrons. The van der Waals surface area contributed by atoms with Gasteiger partial charge in [0.25, 0.3) is 0 Å². The number of aromatic nitrogens is 5. The van der Waals surface area contributed by atoms with Crippen molar-refractivity contribution in [2.24, 2.45) is 7.05 Å². The highest BCUT2D eigenvalue weighted by atomic mass is 32.2. The molecule has 0 spiro atoms. The lowest BCUT2D eigenvalue weighted by atomic mass is 9.90. The van der Waals surface area contributed by atoms with Gasteiger partial charge < -0.3 is 9.45 Å². The molecule has 9 heteroatoms. The summed E-state index contributed by atoms with van der Waals surface area (Å²) < 4.78 is 13.9. The highest BCUT2D eigenvalue weighted by molar-refractivity contribution is 7.91. The molecule has 0 aromatic carbocycles. The number of piperazine rings is 1. The summed E-state index contributed by atoms with van der Waals surface area (Å²) in [4.78, 5) is 18.7. The molecule has 0 radical (unpaired) electrons. The molecule has 1 aliphatic rings. The Morgan fingerprint density at radius 2 is 1.68 bits per heavy atom. The van der Waals surface area contributed by atoms with E-state index in [9.17, 15) is 4.55 Å². The van der Waals surface area contributed by atoms with Crippen LogP contribution in [-0.4, -0.2) is 72.7 Å². The maximum absolute atomic E-state index is 12.3. The summed E-state index contributed by atoms with van der Waals surface area (Å²) in [5, 5.41) is 4.57. The SMILES string of the molecule is Cn1cnc([S+]([O-])CCCN2CCN(c3cc(C(C)(C)C)nc(C(C)(C)C)n3)CC2)n1. The highest BCUT2D eigenvalue weighted by Gasteiger charge is 2.26. The third-order valence-corrected chi connectivity index (χ3v) is 6.69. The number of aryl methyl sites for hydroxylation is 1. The Morgan fingerprint density at radius 1 is 1.00 bits per heavy atom. The third-order valence-electron chi connectivity index (χ3n) is 5.43. The summed E-state index contributed by atoms with van der Waals surface area (Å²) in [5.41, 5.74) is 0.989. The van der Waals surface area contributed by atoms with Gasteiger partial charge in [0.2, 0.25) is 0 Å². The van der Waals surface area contributed by atoms with Crippen molar-refractivity contribution < 1.29 is 4.55 Å². The Labute approximate surface area is 189 Å². The van der Waals surface area contributed by atoms with Crippen molar-refractivity contribution in [3.63, 3.8) is 0 Å². The van der Waals surface area contributed by atoms with E-state index in [0.717, 1.165) is 56.5 Å². The van der Waals surface area contributed by atoms with Gasteiger partial charge in [-0.25, -0.2) is 9.97 Å². The van der Waals surface area contributed by atoms with Crippen LogP contribution in [0.15, 0.2) is 17.6 Å². The van der Waals surface area contributed by atoms with Crippen molar-refractivity contribution >= 4 is 17.0 Å². The molecule has 1 unspecified atom stereocenters. The van der Waals surface area contributed by atoms with Gasteiger partial charge in [0, 0.05) is 74.3 Å². The number of hydrogen-bond acceptors (Lipinski definition) is 7. The second-order valence-corrected chi connectivity index (χ2v) is 11.8. The zero-order valence-electron chi connectivity index (χ0n) is 20.1. The number of anilines is 1. The first-order chi connectivity index (χ1) is 14.4. The second-order valence-electron chi connectivity index (χ2n) is 10.4. The summed E-state index contributed by atoms with van der Waals surface area (Å²) in [6.45, 7) is 17.9. The Hall–Kier alpha value is -1.71. The maximum atomic E-state index is 12.3. The molecule has 8 nitrogen and oxygen atoms in total. The normalized spacial score (nSPS) is 17.2. The van der Waals surface area contributed by atoms with Gasteiger partial charge in [0.15, 0.2) is 0 Å². The van der Waals surface area contributed by atoms with Crippen LogP contribution in [0, 0.1) is 0 Å². The lowest BCUT2D eigenvalue weighted by Crippen LogP contribution is -2.47. The monoisotopic (exact) mass is 447 g/mol. The van der Waals surface area contributed by atoms with E-state index in [1.165, 1.54) is 0 Å². The molecule has 1 aliphatic heterocycles. The molecular weight excluding hydrogens is 410 g/mol. The Balaban J connectivity index is 1.56. The van der Waals surface area contributed by atoms with Gasteiger partial charge in [-0.05, 0) is 0 Å². The topological polar surface area (TPSA) is 86.0 Å². The molecule has 2 aromatic heterocycles. The Morgan fingerprint density at radius 3 is 2.23 bits per heavy atom. The zero-order chi connectivity index (χ0) is 22.8. The Bertz CT molecular complexity index is 831. The van der Waals surface area contributed by atoms with Crippen LogP contribution in [0.5, 0.6) is 0 Å². The van der Waals surface area contributed by atoms with Gasteiger partial charge in [-0.2, -0.15) is 4.98 Å². The fourth-order valence-corrected chi connectivity index (χ4v) is 4.41. The minimum absolute atomic E-state index is 0.0162. The quantitative estimate of drug-likeness (QED) is 0.629. The lowest BCUT2D eigenvalue weighted by molar-refractivity contribution is 0.258. The van der Waals surface area contributed by atoms with Crippen LogP contribution in [0.4, 0.5) is 5.82 Å². The van der Waals surface area contributed by atoms with E-state index in [0.29, 0.717) is 10.9 Å². The lowest BCUT2D eigenvalue weighted by Gasteiger charge is -2.36. The molecule has 1 saturated heterocycles. The van der Waals surface area contributed by atoms with Crippen LogP contribution in [0.3, 0.4) is 0 Å². The van der Waals surface area contributed by atoms with Crippen molar-refractivity contribution in [2.45, 2.75) is 63.9 Å². The summed E-state index contributed by atoms with van der Waals surface area (Å²) in [6, 6.07) is 2.16. The molecule has 3 heterocycles. The van der Waals surface area contributed by atoms with Gasteiger partial charge in [-0.3, -0.25) is 9.58 Å². The van der Waals surface area contributed by atoms with E-state index in [2.05, 4.69) is 67.5 Å². The molecule has 1 fully saturated rings. The highest BCUT2D eigenvalue weighted by Crippen LogP contribution is 2.28. The first-order valence-electron chi connectivity index (χ1n) is 11.0. The van der Waals surface area contributed by atoms with E-state index >= 15 is 0 Å². The van der Waals surface area contributed by atoms with Crippen LogP contribution < -0.4 is 4.90 Å². The van der Waals surface area contributed by atoms with Crippen LogP contribution in [0.1, 0.15) is 59.5 Å². The fraction of sp³-hybridized carbons (Fsp3) is 0.727. The molecule has 31 heavy (non-hydrogen) atoms. The molecule has 3 rings (SSSR count). The van der Waals surface area contributed by atoms with Crippen LogP contribution in [0.2, 0.25) is 0 Å². The van der Waals surface area contributed by atoms with Gasteiger partial charge >= 0.3 is 5.16 Å². The van der Waals surface area contributed by atoms with Crippen molar-refractivity contribution in [2.75, 3.05) is 43.4 Å². The predicted octanol–water partition coefficient (Wildman–Crippen LogP) is 2.52.